The van der Waals surface area contributed by atoms with Crippen LogP contribution in [-0.2, 0) is 11.3 Å². The van der Waals surface area contributed by atoms with Crippen molar-refractivity contribution in [2.75, 3.05) is 12.4 Å². The van der Waals surface area contributed by atoms with Gasteiger partial charge in [-0.25, -0.2) is 4.68 Å². The predicted octanol–water partition coefficient (Wildman–Crippen LogP) is 1.49. The van der Waals surface area contributed by atoms with E-state index >= 15 is 0 Å². The minimum atomic E-state index is -0.370. The number of ether oxygens (including phenoxy) is 1. The summed E-state index contributed by atoms with van der Waals surface area (Å²) in [5, 5.41) is 21.4. The maximum Gasteiger partial charge on any atom is 0.209 e. The summed E-state index contributed by atoms with van der Waals surface area (Å²) in [6.07, 6.45) is 2.39. The van der Waals surface area contributed by atoms with E-state index in [4.69, 9.17) is 10.00 Å². The van der Waals surface area contributed by atoms with Crippen LogP contribution in [-0.4, -0.2) is 38.7 Å². The highest BCUT2D eigenvalue weighted by Gasteiger charge is 2.22. The van der Waals surface area contributed by atoms with Crippen LogP contribution in [0.15, 0.2) is 5.16 Å². The van der Waals surface area contributed by atoms with Gasteiger partial charge in [-0.05, 0) is 37.1 Å². The average Bonchev–Trinajstić information content (AvgIpc) is 2.99. The number of hydrogen-bond acceptors (Lipinski definition) is 6. The van der Waals surface area contributed by atoms with E-state index in [0.29, 0.717) is 12.3 Å². The van der Waals surface area contributed by atoms with Gasteiger partial charge in [0, 0.05) is 12.4 Å². The van der Waals surface area contributed by atoms with E-state index < -0.39 is 0 Å². The Bertz CT molecular complexity index is 433. The third kappa shape index (κ3) is 3.43. The molecule has 1 saturated heterocycles. The van der Waals surface area contributed by atoms with Crippen LogP contribution in [0, 0.1) is 16.7 Å². The Morgan fingerprint density at radius 2 is 2.44 bits per heavy atom. The van der Waals surface area contributed by atoms with Gasteiger partial charge < -0.3 is 4.74 Å². The lowest BCUT2D eigenvalue weighted by molar-refractivity contribution is 0.0912. The molecule has 6 nitrogen and oxygen atoms in total. The monoisotopic (exact) mass is 267 g/mol. The summed E-state index contributed by atoms with van der Waals surface area (Å²) in [7, 11) is 0. The zero-order valence-corrected chi connectivity index (χ0v) is 11.5. The number of thioether (sulfide) groups is 1. The lowest BCUT2D eigenvalue weighted by Gasteiger charge is -2.14. The van der Waals surface area contributed by atoms with Gasteiger partial charge >= 0.3 is 0 Å². The van der Waals surface area contributed by atoms with Crippen molar-refractivity contribution in [3.05, 3.63) is 0 Å². The van der Waals surface area contributed by atoms with Crippen molar-refractivity contribution in [1.29, 1.82) is 5.26 Å². The number of hydrogen-bond donors (Lipinski definition) is 0. The van der Waals surface area contributed by atoms with Crippen LogP contribution in [0.5, 0.6) is 0 Å². The second kappa shape index (κ2) is 5.67. The fraction of sp³-hybridized carbons (Fsp3) is 0.818. The lowest BCUT2D eigenvalue weighted by Crippen LogP contribution is -2.18. The molecule has 18 heavy (non-hydrogen) atoms. The van der Waals surface area contributed by atoms with Crippen LogP contribution >= 0.6 is 11.8 Å². The summed E-state index contributed by atoms with van der Waals surface area (Å²) in [5.74, 6) is 0.676. The van der Waals surface area contributed by atoms with Crippen molar-refractivity contribution in [3.8, 4) is 6.07 Å². The molecule has 0 radical (unpaired) electrons. The van der Waals surface area contributed by atoms with E-state index in [1.54, 1.807) is 4.68 Å². The van der Waals surface area contributed by atoms with Crippen molar-refractivity contribution in [1.82, 2.24) is 20.2 Å². The van der Waals surface area contributed by atoms with Gasteiger partial charge in [0.25, 0.3) is 0 Å². The molecule has 1 aromatic rings. The molecule has 0 spiro atoms. The molecule has 0 aromatic carbocycles. The molecule has 7 heteroatoms. The minimum Gasteiger partial charge on any atom is -0.376 e. The van der Waals surface area contributed by atoms with E-state index in [0.717, 1.165) is 24.6 Å². The fourth-order valence-corrected chi connectivity index (χ4v) is 2.58. The molecule has 1 aliphatic heterocycles. The molecular formula is C11H17N5OS. The largest absolute Gasteiger partial charge is 0.376 e. The second-order valence-electron chi connectivity index (χ2n) is 5.06. The Balaban J connectivity index is 1.93. The zero-order chi connectivity index (χ0) is 13.0. The highest BCUT2D eigenvalue weighted by molar-refractivity contribution is 7.99. The van der Waals surface area contributed by atoms with Crippen LogP contribution < -0.4 is 0 Å². The molecule has 0 N–H and O–H groups in total. The third-order valence-electron chi connectivity index (χ3n) is 2.76. The fourth-order valence-electron chi connectivity index (χ4n) is 1.67. The van der Waals surface area contributed by atoms with Gasteiger partial charge in [0.15, 0.2) is 0 Å². The highest BCUT2D eigenvalue weighted by atomic mass is 32.2. The van der Waals surface area contributed by atoms with Crippen molar-refractivity contribution in [2.24, 2.45) is 5.41 Å². The first-order valence-electron chi connectivity index (χ1n) is 6.02. The van der Waals surface area contributed by atoms with Gasteiger partial charge in [-0.2, -0.15) is 5.26 Å². The molecule has 0 bridgehead atoms. The molecule has 0 amide bonds. The first-order valence-corrected chi connectivity index (χ1v) is 7.01. The summed E-state index contributed by atoms with van der Waals surface area (Å²) >= 11 is 1.52. The maximum atomic E-state index is 8.98. The van der Waals surface area contributed by atoms with Gasteiger partial charge in [0.05, 0.1) is 24.1 Å². The van der Waals surface area contributed by atoms with Gasteiger partial charge in [-0.3, -0.25) is 0 Å². The molecule has 0 saturated carbocycles. The summed E-state index contributed by atoms with van der Waals surface area (Å²) in [6.45, 7) is 5.35. The van der Waals surface area contributed by atoms with E-state index in [2.05, 4.69) is 21.6 Å². The Labute approximate surface area is 111 Å². The number of tetrazole rings is 1. The molecule has 1 aromatic heterocycles. The number of rotatable bonds is 5. The van der Waals surface area contributed by atoms with E-state index in [1.807, 2.05) is 13.8 Å². The predicted molar refractivity (Wildman–Crippen MR) is 66.9 cm³/mol. The SMILES string of the molecule is CC(C)(C#N)CSc1nnnn1C[C@H]1CCCO1. The van der Waals surface area contributed by atoms with E-state index in [9.17, 15) is 0 Å². The lowest BCUT2D eigenvalue weighted by atomic mass is 10.00. The van der Waals surface area contributed by atoms with Crippen molar-refractivity contribution in [2.45, 2.75) is 44.5 Å². The Kier molecular flexibility index (Phi) is 4.19. The summed E-state index contributed by atoms with van der Waals surface area (Å²) in [5.41, 5.74) is -0.370. The molecule has 0 unspecified atom stereocenters. The molecule has 0 aliphatic carbocycles. The van der Waals surface area contributed by atoms with Gasteiger partial charge in [0.2, 0.25) is 5.16 Å². The zero-order valence-electron chi connectivity index (χ0n) is 10.7. The topological polar surface area (TPSA) is 76.6 Å². The van der Waals surface area contributed by atoms with Crippen molar-refractivity contribution in [3.63, 3.8) is 0 Å². The van der Waals surface area contributed by atoms with Gasteiger partial charge in [-0.1, -0.05) is 11.8 Å². The van der Waals surface area contributed by atoms with Crippen LogP contribution in [0.25, 0.3) is 0 Å². The summed E-state index contributed by atoms with van der Waals surface area (Å²) in [4.78, 5) is 0. The normalized spacial score (nSPS) is 19.9. The van der Waals surface area contributed by atoms with Crippen LogP contribution in [0.4, 0.5) is 0 Å². The van der Waals surface area contributed by atoms with Crippen LogP contribution in [0.2, 0.25) is 0 Å². The standard InChI is InChI=1S/C11H17N5OS/c1-11(2,7-12)8-18-10-13-14-15-16(10)6-9-4-3-5-17-9/h9H,3-6,8H2,1-2H3/t9-/m1/s1. The Morgan fingerprint density at radius 1 is 1.61 bits per heavy atom. The molecule has 1 atom stereocenters. The van der Waals surface area contributed by atoms with Gasteiger partial charge in [-0.15, -0.1) is 5.10 Å². The van der Waals surface area contributed by atoms with E-state index in [-0.39, 0.29) is 11.5 Å². The number of nitrogens with zero attached hydrogens (tertiary/aromatic N) is 5. The van der Waals surface area contributed by atoms with Crippen LogP contribution in [0.1, 0.15) is 26.7 Å². The third-order valence-corrected chi connectivity index (χ3v) is 4.18. The molecule has 98 valence electrons. The molecule has 2 rings (SSSR count). The maximum absolute atomic E-state index is 8.98. The van der Waals surface area contributed by atoms with Crippen molar-refractivity contribution < 1.29 is 4.74 Å². The second-order valence-corrected chi connectivity index (χ2v) is 6.01. The number of aromatic nitrogens is 4. The first-order chi connectivity index (χ1) is 8.61. The van der Waals surface area contributed by atoms with Crippen LogP contribution in [0.3, 0.4) is 0 Å². The molecule has 2 heterocycles. The smallest absolute Gasteiger partial charge is 0.209 e. The summed E-state index contributed by atoms with van der Waals surface area (Å²) < 4.78 is 7.34. The highest BCUT2D eigenvalue weighted by Crippen LogP contribution is 2.25. The van der Waals surface area contributed by atoms with Gasteiger partial charge in [0.1, 0.15) is 0 Å². The Hall–Kier alpha value is -1.13. The molecule has 1 fully saturated rings. The quantitative estimate of drug-likeness (QED) is 0.752. The van der Waals surface area contributed by atoms with Crippen molar-refractivity contribution >= 4 is 11.8 Å². The number of nitriles is 1. The Morgan fingerprint density at radius 3 is 3.11 bits per heavy atom. The first kappa shape index (κ1) is 13.3. The molecule has 1 aliphatic rings. The molecular weight excluding hydrogens is 250 g/mol. The van der Waals surface area contributed by atoms with E-state index in [1.165, 1.54) is 11.8 Å². The average molecular weight is 267 g/mol. The minimum absolute atomic E-state index is 0.219. The summed E-state index contributed by atoms with van der Waals surface area (Å²) in [6, 6.07) is 2.27.